The third kappa shape index (κ3) is 7.81. The van der Waals surface area contributed by atoms with E-state index in [4.69, 9.17) is 0 Å². The van der Waals surface area contributed by atoms with E-state index in [0.717, 1.165) is 49.9 Å². The molecule has 3 aromatic heterocycles. The van der Waals surface area contributed by atoms with Crippen molar-refractivity contribution in [3.63, 3.8) is 0 Å². The largest absolute Gasteiger partial charge is 0.310 e. The molecule has 434 valence electrons. The van der Waals surface area contributed by atoms with Crippen molar-refractivity contribution < 1.29 is 0 Å². The molecule has 2 aliphatic heterocycles. The Kier molecular flexibility index (Phi) is 11.5. The van der Waals surface area contributed by atoms with Crippen LogP contribution in [0.25, 0.3) is 170 Å². The van der Waals surface area contributed by atoms with E-state index < -0.39 is 0 Å². The zero-order valence-electron chi connectivity index (χ0n) is 51.3. The Hall–Kier alpha value is -12.2. The van der Waals surface area contributed by atoms with Crippen LogP contribution in [0.15, 0.2) is 340 Å². The van der Waals surface area contributed by atoms with Gasteiger partial charge in [-0.1, -0.05) is 279 Å². The summed E-state index contributed by atoms with van der Waals surface area (Å²) in [5, 5.41) is 16.6. The number of nitrogens with zero attached hydrogens (tertiary/aromatic N) is 3. The fourth-order valence-corrected chi connectivity index (χ4v) is 16.4. The highest BCUT2D eigenvalue weighted by molar-refractivity contribution is 7.00. The van der Waals surface area contributed by atoms with Gasteiger partial charge in [0.1, 0.15) is 0 Å². The van der Waals surface area contributed by atoms with Crippen LogP contribution in [0, 0.1) is 0 Å². The minimum Gasteiger partial charge on any atom is -0.310 e. The molecule has 0 amide bonds. The van der Waals surface area contributed by atoms with E-state index in [0.29, 0.717) is 0 Å². The first-order valence-electron chi connectivity index (χ1n) is 32.7. The summed E-state index contributed by atoms with van der Waals surface area (Å²) in [6, 6.07) is 128. The van der Waals surface area contributed by atoms with Gasteiger partial charge in [0.25, 0.3) is 6.71 Å². The van der Waals surface area contributed by atoms with Gasteiger partial charge in [-0.2, -0.15) is 0 Å². The van der Waals surface area contributed by atoms with Crippen LogP contribution < -0.4 is 16.4 Å². The second-order valence-electron chi connectivity index (χ2n) is 25.4. The van der Waals surface area contributed by atoms with Crippen molar-refractivity contribution in [3.8, 4) is 61.6 Å². The number of aromatic nitrogens is 3. The maximum absolute atomic E-state index is 2.70. The van der Waals surface area contributed by atoms with Crippen molar-refractivity contribution in [1.82, 2.24) is 13.7 Å². The molecule has 5 heterocycles. The van der Waals surface area contributed by atoms with Gasteiger partial charge in [-0.05, 0) is 165 Å². The average Bonchev–Trinajstić information content (AvgIpc) is 0.988. The highest BCUT2D eigenvalue weighted by Gasteiger charge is 2.41. The van der Waals surface area contributed by atoms with Gasteiger partial charge >= 0.3 is 0 Å². The number of benzene rings is 15. The Morgan fingerprint density at radius 2 is 0.457 bits per heavy atom. The Morgan fingerprint density at radius 3 is 0.830 bits per heavy atom. The van der Waals surface area contributed by atoms with Crippen LogP contribution in [0.2, 0.25) is 0 Å². The molecule has 0 radical (unpaired) electrons. The summed E-state index contributed by atoms with van der Waals surface area (Å²) in [4.78, 5) is 0. The van der Waals surface area contributed by atoms with Crippen LogP contribution in [0.4, 0.5) is 0 Å². The number of hydrogen-bond donors (Lipinski definition) is 0. The molecule has 3 nitrogen and oxygen atoms in total. The normalized spacial score (nSPS) is 12.2. The van der Waals surface area contributed by atoms with E-state index >= 15 is 0 Å². The number of para-hydroxylation sites is 4. The van der Waals surface area contributed by atoms with E-state index in [1.54, 1.807) is 0 Å². The molecule has 0 N–H and O–H groups in total. The van der Waals surface area contributed by atoms with E-state index in [1.807, 2.05) is 0 Å². The Balaban J connectivity index is 1.08. The van der Waals surface area contributed by atoms with Crippen LogP contribution in [0.1, 0.15) is 0 Å². The molecule has 0 bridgehead atoms. The average molecular weight is 1190 g/mol. The first-order chi connectivity index (χ1) is 46.7. The van der Waals surface area contributed by atoms with Gasteiger partial charge in [0.2, 0.25) is 0 Å². The molecule has 18 aromatic rings. The van der Waals surface area contributed by atoms with E-state index in [2.05, 4.69) is 353 Å². The zero-order valence-corrected chi connectivity index (χ0v) is 51.3. The molecule has 0 spiro atoms. The highest BCUT2D eigenvalue weighted by Crippen LogP contribution is 2.45. The summed E-state index contributed by atoms with van der Waals surface area (Å²) in [5.41, 5.74) is 23.4. The lowest BCUT2D eigenvalue weighted by atomic mass is 9.34. The molecule has 0 fully saturated rings. The van der Waals surface area contributed by atoms with Crippen LogP contribution in [-0.2, 0) is 0 Å². The van der Waals surface area contributed by atoms with Crippen LogP contribution in [-0.4, -0.2) is 20.4 Å². The molecule has 20 rings (SSSR count). The second kappa shape index (κ2) is 20.6. The van der Waals surface area contributed by atoms with Crippen molar-refractivity contribution in [2.45, 2.75) is 0 Å². The molecule has 4 heteroatoms. The van der Waals surface area contributed by atoms with Gasteiger partial charge < -0.3 is 13.7 Å². The topological polar surface area (TPSA) is 14.8 Å². The van der Waals surface area contributed by atoms with Gasteiger partial charge in [-0.25, -0.2) is 0 Å². The lowest BCUT2D eigenvalue weighted by molar-refractivity contribution is 1.10. The third-order valence-corrected chi connectivity index (χ3v) is 20.4. The number of hydrogen-bond acceptors (Lipinski definition) is 0. The molecule has 0 saturated heterocycles. The molecule has 0 unspecified atom stereocenters. The van der Waals surface area contributed by atoms with Crippen LogP contribution >= 0.6 is 0 Å². The van der Waals surface area contributed by atoms with Crippen LogP contribution in [0.3, 0.4) is 0 Å². The second-order valence-corrected chi connectivity index (χ2v) is 25.4. The van der Waals surface area contributed by atoms with Crippen molar-refractivity contribution >= 4 is 132 Å². The van der Waals surface area contributed by atoms with Crippen molar-refractivity contribution in [2.24, 2.45) is 0 Å². The first-order valence-corrected chi connectivity index (χ1v) is 32.7. The van der Waals surface area contributed by atoms with Gasteiger partial charge in [0.05, 0.1) is 27.8 Å². The fraction of sp³-hybridized carbons (Fsp3) is 0. The Morgan fingerprint density at radius 1 is 0.181 bits per heavy atom. The fourth-order valence-electron chi connectivity index (χ4n) is 16.4. The van der Waals surface area contributed by atoms with E-state index in [-0.39, 0.29) is 6.71 Å². The molecule has 94 heavy (non-hydrogen) atoms. The van der Waals surface area contributed by atoms with Crippen molar-refractivity contribution in [2.75, 3.05) is 0 Å². The molecule has 2 aliphatic rings. The summed E-state index contributed by atoms with van der Waals surface area (Å²) >= 11 is 0. The van der Waals surface area contributed by atoms with Gasteiger partial charge in [-0.15, -0.1) is 0 Å². The van der Waals surface area contributed by atoms with E-state index in [1.165, 1.54) is 137 Å². The monoisotopic (exact) mass is 1190 g/mol. The number of rotatable bonds is 5. The lowest BCUT2D eigenvalue weighted by Gasteiger charge is -2.37. The maximum atomic E-state index is 2.70. The van der Waals surface area contributed by atoms with Gasteiger partial charge in [0, 0.05) is 54.7 Å². The summed E-state index contributed by atoms with van der Waals surface area (Å²) < 4.78 is 7.93. The predicted octanol–water partition coefficient (Wildman–Crippen LogP) is 21.7. The minimum atomic E-state index is -0.279. The minimum absolute atomic E-state index is 0.279. The molecule has 0 saturated carbocycles. The zero-order chi connectivity index (χ0) is 61.5. The molecular weight excluding hydrogens is 1130 g/mol. The molecule has 0 atom stereocenters. The Bertz CT molecular complexity index is 6010. The molecule has 15 aromatic carbocycles. The summed E-state index contributed by atoms with van der Waals surface area (Å²) in [7, 11) is 0. The predicted molar refractivity (Wildman–Crippen MR) is 401 cm³/mol. The van der Waals surface area contributed by atoms with Crippen molar-refractivity contribution in [3.05, 3.63) is 340 Å². The van der Waals surface area contributed by atoms with Crippen LogP contribution in [0.5, 0.6) is 0 Å². The SMILES string of the molecule is c1ccc(-c2ccc3c(c2)c2ccccc2c2cc(-c4ccccc4)cc4c2n(c2ccccc32)-c2cc(-n3c5ccccc5c5ccccc53)cc3c2B4c2cc(-c4ccccc4)cc4c5ccccc5c5cc(-c6ccccc6)ccc5c5ccccc5n-3c24)cc1. The molecular formula is C90H56BN3. The van der Waals surface area contributed by atoms with Gasteiger partial charge in [-0.3, -0.25) is 0 Å². The smallest absolute Gasteiger partial charge is 0.252 e. The Labute approximate surface area is 543 Å². The summed E-state index contributed by atoms with van der Waals surface area (Å²) in [6.07, 6.45) is 0. The standard InChI is InChI=1S/C90H56BN3/c1-5-25-57(26-6-1)61-45-47-70-72-37-17-23-43-84(72)93-86-55-65(92-82-41-21-19-39-74(82)75-40-20-22-42-83(75)92)56-87-88(86)91(80-53-63(59-29-9-3-10-30-59)51-78(89(80)93)68-35-15-13-33-66(68)76(70)49-61)81-54-64(60-31-11-4-12-32-60)52-79-69-36-16-14-34-67(69)77-50-62(58-27-7-2-8-28-58)46-48-71(77)73-38-18-24-44-85(73)94(87)90(79)81/h1-56H. The molecule has 0 aliphatic carbocycles. The van der Waals surface area contributed by atoms with Crippen molar-refractivity contribution in [1.29, 1.82) is 0 Å². The highest BCUT2D eigenvalue weighted by atomic mass is 15.1. The first kappa shape index (κ1) is 52.5. The third-order valence-electron chi connectivity index (χ3n) is 20.4. The summed E-state index contributed by atoms with van der Waals surface area (Å²) in [6.45, 7) is -0.279. The number of fused-ring (bicyclic) bond motifs is 21. The van der Waals surface area contributed by atoms with Gasteiger partial charge in [0.15, 0.2) is 0 Å². The lowest BCUT2D eigenvalue weighted by Crippen LogP contribution is -2.60. The maximum Gasteiger partial charge on any atom is 0.252 e. The summed E-state index contributed by atoms with van der Waals surface area (Å²) in [5.74, 6) is 0. The van der Waals surface area contributed by atoms with E-state index in [9.17, 15) is 0 Å². The quantitative estimate of drug-likeness (QED) is 0.153.